The Morgan fingerprint density at radius 2 is 1.80 bits per heavy atom. The van der Waals surface area contributed by atoms with Crippen molar-refractivity contribution >= 4 is 0 Å². The number of rotatable bonds is 3. The van der Waals surface area contributed by atoms with Crippen LogP contribution in [0.2, 0.25) is 0 Å². The van der Waals surface area contributed by atoms with Gasteiger partial charge in [-0.1, -0.05) is 37.3 Å². The Morgan fingerprint density at radius 1 is 1.07 bits per heavy atom. The second kappa shape index (κ2) is 4.32. The largest absolute Gasteiger partial charge is 0.472 e. The number of aliphatic hydroxyl groups is 1. The van der Waals surface area contributed by atoms with Gasteiger partial charge in [0.2, 0.25) is 0 Å². The molecule has 0 saturated heterocycles. The average molecular weight is 202 g/mol. The molecule has 78 valence electrons. The lowest BCUT2D eigenvalue weighted by atomic mass is 9.92. The van der Waals surface area contributed by atoms with E-state index in [1.165, 1.54) is 0 Å². The van der Waals surface area contributed by atoms with E-state index in [-0.39, 0.29) is 5.92 Å². The molecule has 0 aliphatic carbocycles. The summed E-state index contributed by atoms with van der Waals surface area (Å²) in [5.41, 5.74) is 1.96. The monoisotopic (exact) mass is 202 g/mol. The van der Waals surface area contributed by atoms with Crippen molar-refractivity contribution in [1.82, 2.24) is 0 Å². The normalized spacial score (nSPS) is 14.8. The van der Waals surface area contributed by atoms with Crippen molar-refractivity contribution in [2.75, 3.05) is 0 Å². The third-order valence-electron chi connectivity index (χ3n) is 2.68. The van der Waals surface area contributed by atoms with Gasteiger partial charge >= 0.3 is 0 Å². The number of aliphatic hydroxyl groups excluding tert-OH is 1. The summed E-state index contributed by atoms with van der Waals surface area (Å²) in [5.74, 6) is 0.0730. The van der Waals surface area contributed by atoms with Gasteiger partial charge < -0.3 is 9.52 Å². The van der Waals surface area contributed by atoms with Gasteiger partial charge in [-0.2, -0.15) is 0 Å². The van der Waals surface area contributed by atoms with Gasteiger partial charge in [-0.05, 0) is 11.6 Å². The third-order valence-corrected chi connectivity index (χ3v) is 2.68. The predicted octanol–water partition coefficient (Wildman–Crippen LogP) is 3.12. The Morgan fingerprint density at radius 3 is 2.40 bits per heavy atom. The summed E-state index contributed by atoms with van der Waals surface area (Å²) in [6, 6.07) is 11.8. The first-order valence-electron chi connectivity index (χ1n) is 5.04. The van der Waals surface area contributed by atoms with Crippen molar-refractivity contribution < 1.29 is 9.52 Å². The first-order chi connectivity index (χ1) is 7.29. The van der Waals surface area contributed by atoms with Gasteiger partial charge in [0.15, 0.2) is 0 Å². The zero-order valence-electron chi connectivity index (χ0n) is 8.63. The van der Waals surface area contributed by atoms with Crippen LogP contribution in [-0.4, -0.2) is 5.11 Å². The van der Waals surface area contributed by atoms with E-state index < -0.39 is 6.10 Å². The van der Waals surface area contributed by atoms with Crippen LogP contribution < -0.4 is 0 Å². The summed E-state index contributed by atoms with van der Waals surface area (Å²) in [5, 5.41) is 10.1. The Labute approximate surface area is 89.2 Å². The summed E-state index contributed by atoms with van der Waals surface area (Å²) >= 11 is 0. The Hall–Kier alpha value is -1.54. The molecule has 0 saturated carbocycles. The molecule has 2 aromatic rings. The molecule has 2 atom stereocenters. The molecule has 0 radical (unpaired) electrons. The van der Waals surface area contributed by atoms with Gasteiger partial charge in [-0.3, -0.25) is 0 Å². The highest BCUT2D eigenvalue weighted by molar-refractivity contribution is 5.23. The number of benzene rings is 1. The maximum Gasteiger partial charge on any atom is 0.0960 e. The summed E-state index contributed by atoms with van der Waals surface area (Å²) in [7, 11) is 0. The van der Waals surface area contributed by atoms with Crippen LogP contribution >= 0.6 is 0 Å². The summed E-state index contributed by atoms with van der Waals surface area (Å²) in [4.78, 5) is 0. The summed E-state index contributed by atoms with van der Waals surface area (Å²) in [6.07, 6.45) is 2.66. The van der Waals surface area contributed by atoms with Crippen LogP contribution in [0.15, 0.2) is 53.3 Å². The van der Waals surface area contributed by atoms with Crippen molar-refractivity contribution in [3.05, 3.63) is 60.1 Å². The van der Waals surface area contributed by atoms with Crippen molar-refractivity contribution in [3.8, 4) is 0 Å². The van der Waals surface area contributed by atoms with Crippen LogP contribution in [0, 0.1) is 0 Å². The summed E-state index contributed by atoms with van der Waals surface area (Å²) < 4.78 is 4.96. The lowest BCUT2D eigenvalue weighted by Gasteiger charge is -2.17. The molecule has 0 amide bonds. The molecule has 1 aromatic carbocycles. The second-order valence-corrected chi connectivity index (χ2v) is 3.70. The van der Waals surface area contributed by atoms with E-state index in [1.807, 2.05) is 37.3 Å². The van der Waals surface area contributed by atoms with E-state index in [0.717, 1.165) is 11.1 Å². The van der Waals surface area contributed by atoms with E-state index in [4.69, 9.17) is 4.42 Å². The van der Waals surface area contributed by atoms with E-state index in [2.05, 4.69) is 0 Å². The molecular formula is C13H14O2. The highest BCUT2D eigenvalue weighted by Gasteiger charge is 2.18. The zero-order valence-corrected chi connectivity index (χ0v) is 8.63. The molecule has 0 fully saturated rings. The van der Waals surface area contributed by atoms with Gasteiger partial charge in [-0.15, -0.1) is 0 Å². The van der Waals surface area contributed by atoms with Crippen LogP contribution in [-0.2, 0) is 0 Å². The lowest BCUT2D eigenvalue weighted by Crippen LogP contribution is -2.06. The van der Waals surface area contributed by atoms with Crippen LogP contribution in [0.3, 0.4) is 0 Å². The number of hydrogen-bond donors (Lipinski definition) is 1. The molecule has 15 heavy (non-hydrogen) atoms. The van der Waals surface area contributed by atoms with E-state index in [1.54, 1.807) is 18.6 Å². The first kappa shape index (κ1) is 9.99. The summed E-state index contributed by atoms with van der Waals surface area (Å²) in [6.45, 7) is 2.01. The van der Waals surface area contributed by atoms with Gasteiger partial charge in [0, 0.05) is 11.5 Å². The standard InChI is InChI=1S/C13H14O2/c1-10(11-5-3-2-4-6-11)13(14)12-7-8-15-9-12/h2-10,13-14H,1H3. The molecule has 2 heteroatoms. The van der Waals surface area contributed by atoms with Crippen LogP contribution in [0.4, 0.5) is 0 Å². The molecule has 0 spiro atoms. The number of furan rings is 1. The quantitative estimate of drug-likeness (QED) is 0.829. The molecule has 0 aliphatic rings. The van der Waals surface area contributed by atoms with Crippen molar-refractivity contribution in [2.45, 2.75) is 18.9 Å². The third kappa shape index (κ3) is 2.10. The minimum absolute atomic E-state index is 0.0730. The first-order valence-corrected chi connectivity index (χ1v) is 5.04. The molecule has 1 N–H and O–H groups in total. The van der Waals surface area contributed by atoms with Crippen LogP contribution in [0.1, 0.15) is 30.1 Å². The molecule has 1 heterocycles. The van der Waals surface area contributed by atoms with Crippen LogP contribution in [0.5, 0.6) is 0 Å². The Kier molecular flexibility index (Phi) is 2.88. The van der Waals surface area contributed by atoms with E-state index >= 15 is 0 Å². The Bertz CT molecular complexity index is 392. The molecular weight excluding hydrogens is 188 g/mol. The minimum atomic E-state index is -0.508. The van der Waals surface area contributed by atoms with Gasteiger partial charge in [0.25, 0.3) is 0 Å². The Balaban J connectivity index is 2.18. The fourth-order valence-electron chi connectivity index (χ4n) is 1.67. The van der Waals surface area contributed by atoms with Crippen LogP contribution in [0.25, 0.3) is 0 Å². The van der Waals surface area contributed by atoms with E-state index in [0.29, 0.717) is 0 Å². The predicted molar refractivity (Wildman–Crippen MR) is 58.5 cm³/mol. The maximum absolute atomic E-state index is 10.1. The topological polar surface area (TPSA) is 33.4 Å². The van der Waals surface area contributed by atoms with Crippen molar-refractivity contribution in [2.24, 2.45) is 0 Å². The van der Waals surface area contributed by atoms with E-state index in [9.17, 15) is 5.11 Å². The SMILES string of the molecule is CC(c1ccccc1)C(O)c1ccoc1. The van der Waals surface area contributed by atoms with Crippen molar-refractivity contribution in [1.29, 1.82) is 0 Å². The smallest absolute Gasteiger partial charge is 0.0960 e. The molecule has 1 aromatic heterocycles. The van der Waals surface area contributed by atoms with Gasteiger partial charge in [0.1, 0.15) is 0 Å². The fourth-order valence-corrected chi connectivity index (χ4v) is 1.67. The maximum atomic E-state index is 10.1. The highest BCUT2D eigenvalue weighted by Crippen LogP contribution is 2.30. The highest BCUT2D eigenvalue weighted by atomic mass is 16.3. The fraction of sp³-hybridized carbons (Fsp3) is 0.231. The second-order valence-electron chi connectivity index (χ2n) is 3.70. The molecule has 0 bridgehead atoms. The van der Waals surface area contributed by atoms with Crippen molar-refractivity contribution in [3.63, 3.8) is 0 Å². The molecule has 2 rings (SSSR count). The molecule has 2 unspecified atom stereocenters. The average Bonchev–Trinajstić information content (AvgIpc) is 2.82. The molecule has 0 aliphatic heterocycles. The van der Waals surface area contributed by atoms with Gasteiger partial charge in [-0.25, -0.2) is 0 Å². The molecule has 2 nitrogen and oxygen atoms in total. The van der Waals surface area contributed by atoms with Gasteiger partial charge in [0.05, 0.1) is 18.6 Å². The zero-order chi connectivity index (χ0) is 10.7. The number of hydrogen-bond acceptors (Lipinski definition) is 2. The minimum Gasteiger partial charge on any atom is -0.472 e. The lowest BCUT2D eigenvalue weighted by molar-refractivity contribution is 0.151.